The zero-order valence-corrected chi connectivity index (χ0v) is 5.90. The van der Waals surface area contributed by atoms with Crippen molar-refractivity contribution in [3.63, 3.8) is 0 Å². The van der Waals surface area contributed by atoms with E-state index in [9.17, 15) is 0 Å². The monoisotopic (exact) mass is 122 g/mol. The van der Waals surface area contributed by atoms with Gasteiger partial charge in [-0.25, -0.2) is 0 Å². The van der Waals surface area contributed by atoms with Gasteiger partial charge >= 0.3 is 0 Å². The minimum absolute atomic E-state index is 0.972. The lowest BCUT2D eigenvalue weighted by Gasteiger charge is -2.56. The van der Waals surface area contributed by atoms with Crippen LogP contribution in [0.15, 0.2) is 0 Å². The molecule has 0 aromatic carbocycles. The third-order valence-electron chi connectivity index (χ3n) is 4.41. The lowest BCUT2D eigenvalue weighted by molar-refractivity contribution is -0.0635. The molecule has 2 unspecified atom stereocenters. The highest BCUT2D eigenvalue weighted by atomic mass is 14.6. The van der Waals surface area contributed by atoms with Crippen molar-refractivity contribution < 1.29 is 0 Å². The van der Waals surface area contributed by atoms with E-state index in [4.69, 9.17) is 0 Å². The third kappa shape index (κ3) is 0.342. The van der Waals surface area contributed by atoms with Crippen molar-refractivity contribution in [1.82, 2.24) is 0 Å². The molecule has 0 amide bonds. The predicted molar refractivity (Wildman–Crippen MR) is 37.1 cm³/mol. The molecule has 50 valence electrons. The molecule has 3 fully saturated rings. The highest BCUT2D eigenvalue weighted by Gasteiger charge is 2.60. The fraction of sp³-hybridized carbons (Fsp3) is 1.00. The number of hydrogen-bond acceptors (Lipinski definition) is 0. The van der Waals surface area contributed by atoms with Gasteiger partial charge in [0.15, 0.2) is 0 Å². The molecular weight excluding hydrogens is 108 g/mol. The van der Waals surface area contributed by atoms with Crippen molar-refractivity contribution in [2.45, 2.75) is 38.5 Å². The Hall–Kier alpha value is 0. The second-order valence-corrected chi connectivity index (χ2v) is 4.28. The lowest BCUT2D eigenvalue weighted by atomic mass is 9.49. The van der Waals surface area contributed by atoms with E-state index in [0.717, 1.165) is 5.41 Å². The van der Waals surface area contributed by atoms with E-state index in [2.05, 4.69) is 0 Å². The zero-order valence-electron chi connectivity index (χ0n) is 5.90. The lowest BCUT2D eigenvalue weighted by Crippen LogP contribution is -2.47. The topological polar surface area (TPSA) is 0 Å². The van der Waals surface area contributed by atoms with Crippen molar-refractivity contribution in [3.8, 4) is 0 Å². The maximum atomic E-state index is 1.60. The molecule has 0 heterocycles. The van der Waals surface area contributed by atoms with Crippen LogP contribution < -0.4 is 0 Å². The largest absolute Gasteiger partial charge is 0.0496 e. The molecule has 3 aliphatic rings. The van der Waals surface area contributed by atoms with Crippen LogP contribution in [0.2, 0.25) is 0 Å². The first-order chi connectivity index (χ1) is 4.42. The fourth-order valence-corrected chi connectivity index (χ4v) is 3.57. The van der Waals surface area contributed by atoms with Crippen molar-refractivity contribution >= 4 is 0 Å². The molecule has 0 heteroatoms. The summed E-state index contributed by atoms with van der Waals surface area (Å²) >= 11 is 0. The Morgan fingerprint density at radius 2 is 1.33 bits per heavy atom. The molecule has 3 rings (SSSR count). The zero-order chi connectivity index (χ0) is 5.90. The van der Waals surface area contributed by atoms with Gasteiger partial charge in [0.2, 0.25) is 0 Å². The van der Waals surface area contributed by atoms with Gasteiger partial charge in [-0.3, -0.25) is 0 Å². The first-order valence-corrected chi connectivity index (χ1v) is 4.42. The maximum Gasteiger partial charge on any atom is -0.0241 e. The van der Waals surface area contributed by atoms with E-state index < -0.39 is 0 Å². The second kappa shape index (κ2) is 1.21. The van der Waals surface area contributed by atoms with Crippen LogP contribution in [0.5, 0.6) is 0 Å². The van der Waals surface area contributed by atoms with E-state index in [1.54, 1.807) is 38.5 Å². The van der Waals surface area contributed by atoms with Crippen LogP contribution in [0.4, 0.5) is 0 Å². The van der Waals surface area contributed by atoms with E-state index in [1.807, 2.05) is 0 Å². The molecule has 1 spiro atoms. The summed E-state index contributed by atoms with van der Waals surface area (Å²) in [5, 5.41) is 0. The van der Waals surface area contributed by atoms with Gasteiger partial charge in [0.1, 0.15) is 0 Å². The maximum absolute atomic E-state index is 1.60. The molecule has 9 heavy (non-hydrogen) atoms. The molecule has 0 aromatic heterocycles. The Balaban J connectivity index is 1.97. The molecular formula is C9H14. The van der Waals surface area contributed by atoms with Gasteiger partial charge in [0.25, 0.3) is 0 Å². The van der Waals surface area contributed by atoms with E-state index in [-0.39, 0.29) is 0 Å². The van der Waals surface area contributed by atoms with Crippen LogP contribution in [0.25, 0.3) is 0 Å². The predicted octanol–water partition coefficient (Wildman–Crippen LogP) is 2.59. The summed E-state index contributed by atoms with van der Waals surface area (Å²) in [4.78, 5) is 0. The summed E-state index contributed by atoms with van der Waals surface area (Å²) in [5.74, 6) is 2.41. The van der Waals surface area contributed by atoms with Gasteiger partial charge in [-0.15, -0.1) is 0 Å². The summed E-state index contributed by atoms with van der Waals surface area (Å²) < 4.78 is 0. The fourth-order valence-electron chi connectivity index (χ4n) is 3.57. The average Bonchev–Trinajstić information content (AvgIpc) is 1.85. The van der Waals surface area contributed by atoms with E-state index >= 15 is 0 Å². The molecule has 2 atom stereocenters. The molecule has 0 radical (unpaired) electrons. The third-order valence-corrected chi connectivity index (χ3v) is 4.41. The van der Waals surface area contributed by atoms with Crippen LogP contribution in [-0.4, -0.2) is 0 Å². The normalized spacial score (nSPS) is 61.3. The highest BCUT2D eigenvalue weighted by molar-refractivity contribution is 5.10. The van der Waals surface area contributed by atoms with Crippen LogP contribution in [0.3, 0.4) is 0 Å². The Labute approximate surface area is 56.6 Å². The molecule has 0 saturated heterocycles. The summed E-state index contributed by atoms with van der Waals surface area (Å²) in [6, 6.07) is 0. The Kier molecular flexibility index (Phi) is 0.640. The Bertz CT molecular complexity index is 130. The number of rotatable bonds is 0. The van der Waals surface area contributed by atoms with Crippen molar-refractivity contribution in [3.05, 3.63) is 0 Å². The molecule has 0 nitrogen and oxygen atoms in total. The quantitative estimate of drug-likeness (QED) is 0.463. The van der Waals surface area contributed by atoms with Gasteiger partial charge < -0.3 is 0 Å². The summed E-state index contributed by atoms with van der Waals surface area (Å²) in [6.07, 6.45) is 9.53. The van der Waals surface area contributed by atoms with E-state index in [1.165, 1.54) is 11.8 Å². The standard InChI is InChI=1S/C9H14/c1-2-8-4-6-9(8)5-3-7(1)9/h7-8H,1-6H2. The molecule has 0 N–H and O–H groups in total. The first kappa shape index (κ1) is 4.76. The first-order valence-electron chi connectivity index (χ1n) is 4.42. The van der Waals surface area contributed by atoms with Gasteiger partial charge in [-0.2, -0.15) is 0 Å². The smallest absolute Gasteiger partial charge is 0.0241 e. The van der Waals surface area contributed by atoms with Gasteiger partial charge in [-0.05, 0) is 55.8 Å². The van der Waals surface area contributed by atoms with Gasteiger partial charge in [0, 0.05) is 0 Å². The number of hydrogen-bond donors (Lipinski definition) is 0. The SMILES string of the molecule is C1CC2CCC23CCC13. The highest BCUT2D eigenvalue weighted by Crippen LogP contribution is 2.70. The minimum atomic E-state index is 0.972. The van der Waals surface area contributed by atoms with Gasteiger partial charge in [-0.1, -0.05) is 0 Å². The second-order valence-electron chi connectivity index (χ2n) is 4.28. The van der Waals surface area contributed by atoms with Crippen molar-refractivity contribution in [1.29, 1.82) is 0 Å². The summed E-state index contributed by atoms with van der Waals surface area (Å²) in [7, 11) is 0. The Morgan fingerprint density at radius 1 is 0.778 bits per heavy atom. The van der Waals surface area contributed by atoms with Crippen LogP contribution in [0, 0.1) is 17.3 Å². The molecule has 3 saturated carbocycles. The van der Waals surface area contributed by atoms with Crippen LogP contribution >= 0.6 is 0 Å². The van der Waals surface area contributed by atoms with Crippen LogP contribution in [0.1, 0.15) is 38.5 Å². The van der Waals surface area contributed by atoms with Gasteiger partial charge in [0.05, 0.1) is 0 Å². The molecule has 3 aliphatic carbocycles. The van der Waals surface area contributed by atoms with Crippen LogP contribution in [-0.2, 0) is 0 Å². The molecule has 0 bridgehead atoms. The summed E-state index contributed by atoms with van der Waals surface area (Å²) in [6.45, 7) is 0. The minimum Gasteiger partial charge on any atom is -0.0496 e. The van der Waals surface area contributed by atoms with Crippen molar-refractivity contribution in [2.24, 2.45) is 17.3 Å². The Morgan fingerprint density at radius 3 is 1.56 bits per heavy atom. The molecule has 0 aromatic rings. The average molecular weight is 122 g/mol. The molecule has 0 aliphatic heterocycles. The van der Waals surface area contributed by atoms with Crippen molar-refractivity contribution in [2.75, 3.05) is 0 Å². The summed E-state index contributed by atoms with van der Waals surface area (Å²) in [5.41, 5.74) is 0.972. The van der Waals surface area contributed by atoms with E-state index in [0.29, 0.717) is 0 Å².